The Morgan fingerprint density at radius 2 is 2.08 bits per heavy atom. The summed E-state index contributed by atoms with van der Waals surface area (Å²) in [6.07, 6.45) is 0. The van der Waals surface area contributed by atoms with Gasteiger partial charge in [-0.2, -0.15) is 0 Å². The van der Waals surface area contributed by atoms with Crippen molar-refractivity contribution in [2.45, 2.75) is 6.54 Å². The highest BCUT2D eigenvalue weighted by molar-refractivity contribution is 8.93. The number of para-hydroxylation sites is 1. The number of hydrogen-bond donors (Lipinski definition) is 1. The Morgan fingerprint density at radius 1 is 1.31 bits per heavy atom. The molecule has 2 aromatic rings. The van der Waals surface area contributed by atoms with Crippen LogP contribution in [0, 0.1) is 0 Å². The predicted octanol–water partition coefficient (Wildman–Crippen LogP) is 0.968. The van der Waals surface area contributed by atoms with Gasteiger partial charge in [-0.25, -0.2) is 4.68 Å². The van der Waals surface area contributed by atoms with E-state index in [1.165, 1.54) is 0 Å². The van der Waals surface area contributed by atoms with Crippen LogP contribution in [0.25, 0.3) is 11.0 Å². The normalized spacial score (nSPS) is 9.92. The number of benzene rings is 1. The molecule has 0 radical (unpaired) electrons. The molecule has 0 aliphatic heterocycles. The summed E-state index contributed by atoms with van der Waals surface area (Å²) in [5, 5.41) is 7.97. The van der Waals surface area contributed by atoms with E-state index >= 15 is 0 Å². The Morgan fingerprint density at radius 3 is 2.85 bits per heavy atom. The number of hydrogen-bond acceptors (Lipinski definition) is 3. The van der Waals surface area contributed by atoms with E-state index in [0.717, 1.165) is 17.6 Å². The van der Waals surface area contributed by atoms with Gasteiger partial charge in [0.05, 0.1) is 12.1 Å². The molecule has 0 saturated carbocycles. The van der Waals surface area contributed by atoms with Crippen LogP contribution >= 0.6 is 17.0 Å². The van der Waals surface area contributed by atoms with E-state index < -0.39 is 0 Å². The Bertz CT molecular complexity index is 384. The standard InChI is InChI=1S/C8H10N4.BrH/c9-5-6-12-8-4-2-1-3-7(8)10-11-12;/h1-4H,5-6,9H2;1H. The molecule has 0 amide bonds. The molecule has 0 spiro atoms. The summed E-state index contributed by atoms with van der Waals surface area (Å²) in [6, 6.07) is 7.85. The quantitative estimate of drug-likeness (QED) is 0.854. The molecule has 2 N–H and O–H groups in total. The van der Waals surface area contributed by atoms with Crippen LogP contribution in [0.3, 0.4) is 0 Å². The maximum absolute atomic E-state index is 5.42. The van der Waals surface area contributed by atoms with Crippen molar-refractivity contribution < 1.29 is 0 Å². The highest BCUT2D eigenvalue weighted by atomic mass is 79.9. The Balaban J connectivity index is 0.000000845. The average Bonchev–Trinajstić information content (AvgIpc) is 2.50. The lowest BCUT2D eigenvalue weighted by Crippen LogP contribution is -2.10. The zero-order valence-electron chi connectivity index (χ0n) is 7.05. The molecule has 2 rings (SSSR count). The molecule has 0 atom stereocenters. The second kappa shape index (κ2) is 4.34. The van der Waals surface area contributed by atoms with Gasteiger partial charge in [-0.3, -0.25) is 0 Å². The van der Waals surface area contributed by atoms with Gasteiger partial charge in [0.1, 0.15) is 5.52 Å². The Kier molecular flexibility index (Phi) is 3.39. The van der Waals surface area contributed by atoms with E-state index in [2.05, 4.69) is 10.3 Å². The molecule has 1 aromatic carbocycles. The zero-order chi connectivity index (χ0) is 8.39. The van der Waals surface area contributed by atoms with Crippen LogP contribution < -0.4 is 5.73 Å². The second-order valence-corrected chi connectivity index (χ2v) is 2.59. The smallest absolute Gasteiger partial charge is 0.113 e. The summed E-state index contributed by atoms with van der Waals surface area (Å²) < 4.78 is 1.81. The van der Waals surface area contributed by atoms with E-state index in [1.54, 1.807) is 0 Å². The van der Waals surface area contributed by atoms with E-state index in [0.29, 0.717) is 6.54 Å². The van der Waals surface area contributed by atoms with Crippen molar-refractivity contribution in [3.05, 3.63) is 24.3 Å². The van der Waals surface area contributed by atoms with Crippen LogP contribution in [0.2, 0.25) is 0 Å². The summed E-state index contributed by atoms with van der Waals surface area (Å²) in [5.74, 6) is 0. The van der Waals surface area contributed by atoms with Crippen molar-refractivity contribution in [1.29, 1.82) is 0 Å². The van der Waals surface area contributed by atoms with Crippen LogP contribution in [-0.4, -0.2) is 21.5 Å². The van der Waals surface area contributed by atoms with Crippen molar-refractivity contribution in [1.82, 2.24) is 15.0 Å². The van der Waals surface area contributed by atoms with Crippen molar-refractivity contribution >= 4 is 28.0 Å². The van der Waals surface area contributed by atoms with Crippen LogP contribution in [0.1, 0.15) is 0 Å². The van der Waals surface area contributed by atoms with Crippen molar-refractivity contribution in [3.63, 3.8) is 0 Å². The maximum Gasteiger partial charge on any atom is 0.113 e. The van der Waals surface area contributed by atoms with E-state index in [9.17, 15) is 0 Å². The van der Waals surface area contributed by atoms with Crippen molar-refractivity contribution in [2.24, 2.45) is 5.73 Å². The van der Waals surface area contributed by atoms with Gasteiger partial charge < -0.3 is 5.73 Å². The topological polar surface area (TPSA) is 56.7 Å². The number of rotatable bonds is 2. The number of halogens is 1. The first-order chi connectivity index (χ1) is 5.92. The Hall–Kier alpha value is -0.940. The molecule has 0 fully saturated rings. The molecule has 0 bridgehead atoms. The minimum absolute atomic E-state index is 0. The molecule has 1 aromatic heterocycles. The van der Waals surface area contributed by atoms with Crippen molar-refractivity contribution in [2.75, 3.05) is 6.54 Å². The fraction of sp³-hybridized carbons (Fsp3) is 0.250. The summed E-state index contributed by atoms with van der Waals surface area (Å²) in [5.41, 5.74) is 7.39. The van der Waals surface area contributed by atoms with E-state index in [1.807, 2.05) is 28.9 Å². The first kappa shape index (κ1) is 10.1. The van der Waals surface area contributed by atoms with Gasteiger partial charge in [0.25, 0.3) is 0 Å². The molecule has 13 heavy (non-hydrogen) atoms. The van der Waals surface area contributed by atoms with Gasteiger partial charge in [-0.15, -0.1) is 22.1 Å². The molecule has 70 valence electrons. The third-order valence-corrected chi connectivity index (χ3v) is 1.76. The molecule has 0 unspecified atom stereocenters. The van der Waals surface area contributed by atoms with Crippen LogP contribution in [0.5, 0.6) is 0 Å². The zero-order valence-corrected chi connectivity index (χ0v) is 8.76. The average molecular weight is 243 g/mol. The Labute approximate surface area is 86.5 Å². The summed E-state index contributed by atoms with van der Waals surface area (Å²) in [6.45, 7) is 1.31. The van der Waals surface area contributed by atoms with Crippen LogP contribution in [-0.2, 0) is 6.54 Å². The lowest BCUT2D eigenvalue weighted by Gasteiger charge is -1.96. The number of aromatic nitrogens is 3. The van der Waals surface area contributed by atoms with Gasteiger partial charge >= 0.3 is 0 Å². The number of nitrogens with zero attached hydrogens (tertiary/aromatic N) is 3. The van der Waals surface area contributed by atoms with Gasteiger partial charge in [0, 0.05) is 6.54 Å². The maximum atomic E-state index is 5.42. The highest BCUT2D eigenvalue weighted by Gasteiger charge is 2.00. The predicted molar refractivity (Wildman–Crippen MR) is 56.9 cm³/mol. The number of fused-ring (bicyclic) bond motifs is 1. The van der Waals surface area contributed by atoms with E-state index in [4.69, 9.17) is 5.73 Å². The highest BCUT2D eigenvalue weighted by Crippen LogP contribution is 2.08. The third-order valence-electron chi connectivity index (χ3n) is 1.76. The SMILES string of the molecule is Br.NCCn1nnc2ccccc21. The molecule has 4 nitrogen and oxygen atoms in total. The van der Waals surface area contributed by atoms with E-state index in [-0.39, 0.29) is 17.0 Å². The third kappa shape index (κ3) is 1.87. The van der Waals surface area contributed by atoms with Gasteiger partial charge in [-0.05, 0) is 12.1 Å². The van der Waals surface area contributed by atoms with Crippen LogP contribution in [0.4, 0.5) is 0 Å². The van der Waals surface area contributed by atoms with Gasteiger partial charge in [0.2, 0.25) is 0 Å². The molecule has 1 heterocycles. The van der Waals surface area contributed by atoms with Gasteiger partial charge in [0.15, 0.2) is 0 Å². The summed E-state index contributed by atoms with van der Waals surface area (Å²) in [7, 11) is 0. The lowest BCUT2D eigenvalue weighted by atomic mass is 10.3. The fourth-order valence-electron chi connectivity index (χ4n) is 1.20. The second-order valence-electron chi connectivity index (χ2n) is 2.59. The number of nitrogens with two attached hydrogens (primary N) is 1. The first-order valence-corrected chi connectivity index (χ1v) is 3.90. The minimum Gasteiger partial charge on any atom is -0.329 e. The molecular formula is C8H11BrN4. The van der Waals surface area contributed by atoms with Gasteiger partial charge in [-0.1, -0.05) is 17.3 Å². The lowest BCUT2D eigenvalue weighted by molar-refractivity contribution is 0.616. The summed E-state index contributed by atoms with van der Waals surface area (Å²) in [4.78, 5) is 0. The minimum atomic E-state index is 0. The first-order valence-electron chi connectivity index (χ1n) is 3.90. The van der Waals surface area contributed by atoms with Crippen LogP contribution in [0.15, 0.2) is 24.3 Å². The molecule has 0 saturated heterocycles. The monoisotopic (exact) mass is 242 g/mol. The largest absolute Gasteiger partial charge is 0.329 e. The fourth-order valence-corrected chi connectivity index (χ4v) is 1.20. The molecular weight excluding hydrogens is 232 g/mol. The molecule has 5 heteroatoms. The molecule has 0 aliphatic carbocycles. The van der Waals surface area contributed by atoms with Crippen molar-refractivity contribution in [3.8, 4) is 0 Å². The molecule has 0 aliphatic rings. The summed E-state index contributed by atoms with van der Waals surface area (Å²) >= 11 is 0.